The molecular weight excluding hydrogens is 262 g/mol. The number of hydrogen-bond donors (Lipinski definition) is 1. The Morgan fingerprint density at radius 3 is 2.38 bits per heavy atom. The standard InChI is InChI=1S/C17H33N3O/c1-7-10-18-14(6)17-15(8-2)19-20(16(17)9-3)11-12-21-13(4)5/h13-14,18H,7-12H2,1-6H3. The summed E-state index contributed by atoms with van der Waals surface area (Å²) in [6.45, 7) is 15.6. The highest BCUT2D eigenvalue weighted by atomic mass is 16.5. The van der Waals surface area contributed by atoms with Crippen LogP contribution in [0.3, 0.4) is 0 Å². The lowest BCUT2D eigenvalue weighted by Gasteiger charge is -2.16. The SMILES string of the molecule is CCCNC(C)c1c(CC)nn(CCOC(C)C)c1CC. The van der Waals surface area contributed by atoms with Crippen LogP contribution in [0.15, 0.2) is 0 Å². The molecule has 1 aromatic heterocycles. The van der Waals surface area contributed by atoms with Crippen LogP contribution < -0.4 is 5.32 Å². The molecule has 4 nitrogen and oxygen atoms in total. The fourth-order valence-electron chi connectivity index (χ4n) is 2.72. The largest absolute Gasteiger partial charge is 0.377 e. The van der Waals surface area contributed by atoms with Gasteiger partial charge in [0.1, 0.15) is 0 Å². The van der Waals surface area contributed by atoms with Crippen molar-refractivity contribution < 1.29 is 4.74 Å². The maximum Gasteiger partial charge on any atom is 0.0672 e. The van der Waals surface area contributed by atoms with E-state index >= 15 is 0 Å². The molecule has 1 aromatic rings. The van der Waals surface area contributed by atoms with E-state index in [1.807, 2.05) is 0 Å². The Morgan fingerprint density at radius 1 is 1.14 bits per heavy atom. The summed E-state index contributed by atoms with van der Waals surface area (Å²) in [7, 11) is 0. The summed E-state index contributed by atoms with van der Waals surface area (Å²) in [5.74, 6) is 0. The number of aromatic nitrogens is 2. The van der Waals surface area contributed by atoms with Gasteiger partial charge in [-0.15, -0.1) is 0 Å². The van der Waals surface area contributed by atoms with Gasteiger partial charge in [0.25, 0.3) is 0 Å². The van der Waals surface area contributed by atoms with Gasteiger partial charge in [0.2, 0.25) is 0 Å². The van der Waals surface area contributed by atoms with Crippen molar-refractivity contribution in [2.24, 2.45) is 0 Å². The second-order valence-corrected chi connectivity index (χ2v) is 5.83. The molecule has 21 heavy (non-hydrogen) atoms. The Balaban J connectivity index is 2.92. The zero-order valence-corrected chi connectivity index (χ0v) is 14.7. The summed E-state index contributed by atoms with van der Waals surface area (Å²) in [6, 6.07) is 0.370. The Labute approximate surface area is 130 Å². The van der Waals surface area contributed by atoms with Crippen molar-refractivity contribution >= 4 is 0 Å². The van der Waals surface area contributed by atoms with Crippen LogP contribution in [0, 0.1) is 0 Å². The predicted octanol–water partition coefficient (Wildman–Crippen LogP) is 3.49. The van der Waals surface area contributed by atoms with Crippen LogP contribution in [-0.2, 0) is 24.1 Å². The van der Waals surface area contributed by atoms with Crippen LogP contribution in [0.4, 0.5) is 0 Å². The summed E-state index contributed by atoms with van der Waals surface area (Å²) in [4.78, 5) is 0. The van der Waals surface area contributed by atoms with E-state index in [4.69, 9.17) is 9.84 Å². The van der Waals surface area contributed by atoms with Crippen molar-refractivity contribution in [3.8, 4) is 0 Å². The van der Waals surface area contributed by atoms with E-state index in [2.05, 4.69) is 51.5 Å². The highest BCUT2D eigenvalue weighted by Crippen LogP contribution is 2.23. The molecule has 1 rings (SSSR count). The van der Waals surface area contributed by atoms with Gasteiger partial charge < -0.3 is 10.1 Å². The molecule has 0 radical (unpaired) electrons. The van der Waals surface area contributed by atoms with Crippen LogP contribution in [0.2, 0.25) is 0 Å². The van der Waals surface area contributed by atoms with E-state index in [9.17, 15) is 0 Å². The molecule has 0 fully saturated rings. The highest BCUT2D eigenvalue weighted by molar-refractivity contribution is 5.30. The van der Waals surface area contributed by atoms with Gasteiger partial charge in [0, 0.05) is 17.3 Å². The Morgan fingerprint density at radius 2 is 1.86 bits per heavy atom. The minimum absolute atomic E-state index is 0.279. The van der Waals surface area contributed by atoms with E-state index in [1.165, 1.54) is 17.0 Å². The molecule has 0 bridgehead atoms. The first-order chi connectivity index (χ1) is 10.0. The van der Waals surface area contributed by atoms with E-state index in [1.54, 1.807) is 0 Å². The predicted molar refractivity (Wildman–Crippen MR) is 88.8 cm³/mol. The fraction of sp³-hybridized carbons (Fsp3) is 0.824. The van der Waals surface area contributed by atoms with Crippen LogP contribution in [0.1, 0.15) is 71.0 Å². The molecule has 0 aliphatic heterocycles. The maximum atomic E-state index is 5.68. The van der Waals surface area contributed by atoms with Crippen molar-refractivity contribution in [1.29, 1.82) is 0 Å². The van der Waals surface area contributed by atoms with Gasteiger partial charge >= 0.3 is 0 Å². The lowest BCUT2D eigenvalue weighted by Crippen LogP contribution is -2.21. The summed E-state index contributed by atoms with van der Waals surface area (Å²) < 4.78 is 7.83. The monoisotopic (exact) mass is 295 g/mol. The first-order valence-corrected chi connectivity index (χ1v) is 8.48. The summed E-state index contributed by atoms with van der Waals surface area (Å²) >= 11 is 0. The third-order valence-corrected chi connectivity index (χ3v) is 3.73. The zero-order valence-electron chi connectivity index (χ0n) is 14.7. The number of nitrogens with one attached hydrogen (secondary N) is 1. The Kier molecular flexibility index (Phi) is 7.97. The topological polar surface area (TPSA) is 39.1 Å². The van der Waals surface area contributed by atoms with Crippen molar-refractivity contribution in [3.63, 3.8) is 0 Å². The molecule has 0 saturated heterocycles. The average Bonchev–Trinajstić information content (AvgIpc) is 2.82. The van der Waals surface area contributed by atoms with Crippen molar-refractivity contribution in [2.75, 3.05) is 13.2 Å². The third kappa shape index (κ3) is 5.11. The molecule has 1 atom stereocenters. The van der Waals surface area contributed by atoms with Crippen molar-refractivity contribution in [2.45, 2.75) is 79.5 Å². The molecule has 122 valence electrons. The maximum absolute atomic E-state index is 5.68. The molecule has 0 spiro atoms. The normalized spacial score (nSPS) is 13.1. The smallest absolute Gasteiger partial charge is 0.0672 e. The van der Waals surface area contributed by atoms with E-state index in [0.717, 1.165) is 39.0 Å². The molecule has 1 N–H and O–H groups in total. The van der Waals surface area contributed by atoms with Crippen LogP contribution in [-0.4, -0.2) is 29.0 Å². The van der Waals surface area contributed by atoms with E-state index in [-0.39, 0.29) is 6.10 Å². The highest BCUT2D eigenvalue weighted by Gasteiger charge is 2.20. The van der Waals surface area contributed by atoms with Crippen molar-refractivity contribution in [1.82, 2.24) is 15.1 Å². The molecule has 0 aliphatic rings. The zero-order chi connectivity index (χ0) is 15.8. The number of hydrogen-bond acceptors (Lipinski definition) is 3. The lowest BCUT2D eigenvalue weighted by atomic mass is 10.0. The second-order valence-electron chi connectivity index (χ2n) is 5.83. The summed E-state index contributed by atoms with van der Waals surface area (Å²) in [5, 5.41) is 8.42. The first kappa shape index (κ1) is 18.2. The molecule has 0 aliphatic carbocycles. The molecular formula is C17H33N3O. The number of aryl methyl sites for hydroxylation is 1. The van der Waals surface area contributed by atoms with E-state index < -0.39 is 0 Å². The minimum atomic E-state index is 0.279. The van der Waals surface area contributed by atoms with Gasteiger partial charge in [-0.3, -0.25) is 4.68 Å². The van der Waals surface area contributed by atoms with Crippen LogP contribution in [0.5, 0.6) is 0 Å². The molecule has 4 heteroatoms. The summed E-state index contributed by atoms with van der Waals surface area (Å²) in [6.07, 6.45) is 3.44. The number of ether oxygens (including phenoxy) is 1. The molecule has 1 unspecified atom stereocenters. The van der Waals surface area contributed by atoms with Gasteiger partial charge in [-0.1, -0.05) is 20.8 Å². The number of nitrogens with zero attached hydrogens (tertiary/aromatic N) is 2. The fourth-order valence-corrected chi connectivity index (χ4v) is 2.72. The van der Waals surface area contributed by atoms with Crippen molar-refractivity contribution in [3.05, 3.63) is 17.0 Å². The quantitative estimate of drug-likeness (QED) is 0.718. The third-order valence-electron chi connectivity index (χ3n) is 3.73. The lowest BCUT2D eigenvalue weighted by molar-refractivity contribution is 0.0705. The van der Waals surface area contributed by atoms with Gasteiger partial charge in [-0.25, -0.2) is 0 Å². The van der Waals surface area contributed by atoms with Gasteiger partial charge in [-0.2, -0.15) is 5.10 Å². The molecule has 0 amide bonds. The minimum Gasteiger partial charge on any atom is -0.377 e. The second kappa shape index (κ2) is 9.21. The molecule has 0 saturated carbocycles. The number of rotatable bonds is 10. The Hall–Kier alpha value is -0.870. The first-order valence-electron chi connectivity index (χ1n) is 8.48. The van der Waals surface area contributed by atoms with Gasteiger partial charge in [-0.05, 0) is 46.6 Å². The van der Waals surface area contributed by atoms with E-state index in [0.29, 0.717) is 6.04 Å². The van der Waals surface area contributed by atoms with Crippen LogP contribution in [0.25, 0.3) is 0 Å². The van der Waals surface area contributed by atoms with Crippen LogP contribution >= 0.6 is 0 Å². The summed E-state index contributed by atoms with van der Waals surface area (Å²) in [5.41, 5.74) is 3.99. The average molecular weight is 295 g/mol. The van der Waals surface area contributed by atoms with Gasteiger partial charge in [0.05, 0.1) is 24.9 Å². The molecule has 1 heterocycles. The molecule has 0 aromatic carbocycles. The Bertz CT molecular complexity index is 412. The van der Waals surface area contributed by atoms with Gasteiger partial charge in [0.15, 0.2) is 0 Å².